The van der Waals surface area contributed by atoms with Gasteiger partial charge in [0.2, 0.25) is 0 Å². The Morgan fingerprint density at radius 1 is 1.06 bits per heavy atom. The fourth-order valence-corrected chi connectivity index (χ4v) is 2.47. The minimum absolute atomic E-state index is 0.577. The number of nitrogens with zero attached hydrogens (tertiary/aromatic N) is 2. The van der Waals surface area contributed by atoms with Crippen molar-refractivity contribution in [2.45, 2.75) is 43.9 Å². The monoisotopic (exact) mass is 217 g/mol. The highest BCUT2D eigenvalue weighted by molar-refractivity contribution is 5.15. The van der Waals surface area contributed by atoms with Crippen LogP contribution in [0, 0.1) is 0 Å². The molecule has 3 heteroatoms. The fourth-order valence-electron chi connectivity index (χ4n) is 2.47. The van der Waals surface area contributed by atoms with Gasteiger partial charge >= 0.3 is 0 Å². The maximum Gasteiger partial charge on any atom is 0.131 e. The van der Waals surface area contributed by atoms with Gasteiger partial charge < -0.3 is 5.32 Å². The first kappa shape index (κ1) is 10.2. The van der Waals surface area contributed by atoms with E-state index in [0.717, 1.165) is 24.8 Å². The second-order valence-electron chi connectivity index (χ2n) is 4.99. The third-order valence-electron chi connectivity index (χ3n) is 3.63. The van der Waals surface area contributed by atoms with Gasteiger partial charge in [-0.2, -0.15) is 0 Å². The normalized spacial score (nSPS) is 26.4. The molecule has 1 saturated heterocycles. The zero-order valence-electron chi connectivity index (χ0n) is 9.65. The first-order chi connectivity index (χ1) is 7.93. The van der Waals surface area contributed by atoms with Gasteiger partial charge in [-0.05, 0) is 51.3 Å². The van der Waals surface area contributed by atoms with Crippen molar-refractivity contribution in [1.82, 2.24) is 15.3 Å². The summed E-state index contributed by atoms with van der Waals surface area (Å²) < 4.78 is 0. The van der Waals surface area contributed by atoms with Crippen LogP contribution in [0.4, 0.5) is 0 Å². The van der Waals surface area contributed by atoms with E-state index in [1.807, 2.05) is 6.20 Å². The molecule has 2 heterocycles. The summed E-state index contributed by atoms with van der Waals surface area (Å²) in [6, 6.07) is 2.09. The summed E-state index contributed by atoms with van der Waals surface area (Å²) in [6.45, 7) is 2.26. The molecule has 1 aliphatic carbocycles. The largest absolute Gasteiger partial charge is 0.317 e. The Bertz CT molecular complexity index is 352. The highest BCUT2D eigenvalue weighted by Gasteiger charge is 2.26. The van der Waals surface area contributed by atoms with Gasteiger partial charge in [-0.1, -0.05) is 0 Å². The number of nitrogens with one attached hydrogen (secondary N) is 1. The van der Waals surface area contributed by atoms with Gasteiger partial charge in [0.05, 0.1) is 0 Å². The number of aromatic nitrogens is 2. The number of hydrogen-bond acceptors (Lipinski definition) is 3. The smallest absolute Gasteiger partial charge is 0.131 e. The van der Waals surface area contributed by atoms with Crippen molar-refractivity contribution < 1.29 is 0 Å². The summed E-state index contributed by atoms with van der Waals surface area (Å²) in [5.74, 6) is 2.41. The van der Waals surface area contributed by atoms with E-state index in [1.54, 1.807) is 0 Å². The van der Waals surface area contributed by atoms with Crippen LogP contribution in [0.3, 0.4) is 0 Å². The van der Waals surface area contributed by atoms with Crippen LogP contribution in [0.1, 0.15) is 55.5 Å². The van der Waals surface area contributed by atoms with Crippen LogP contribution < -0.4 is 5.32 Å². The molecule has 1 aliphatic heterocycles. The third kappa shape index (κ3) is 2.24. The summed E-state index contributed by atoms with van der Waals surface area (Å²) in [5.41, 5.74) is 1.28. The Labute approximate surface area is 96.7 Å². The molecule has 0 radical (unpaired) electrons. The fraction of sp³-hybridized carbons (Fsp3) is 0.692. The third-order valence-corrected chi connectivity index (χ3v) is 3.63. The molecule has 0 bridgehead atoms. The second kappa shape index (κ2) is 4.50. The standard InChI is InChI=1S/C13H19N3/c1-2-11(5-8-14-7-1)13-15-9-6-12(16-13)10-3-4-10/h6,9-11,14H,1-5,7-8H2. The molecule has 1 atom stereocenters. The molecule has 1 aromatic rings. The molecule has 1 saturated carbocycles. The molecule has 2 aliphatic rings. The van der Waals surface area contributed by atoms with Crippen LogP contribution in [0.15, 0.2) is 12.3 Å². The van der Waals surface area contributed by atoms with E-state index in [2.05, 4.69) is 16.4 Å². The molecule has 0 spiro atoms. The van der Waals surface area contributed by atoms with Crippen LogP contribution in [-0.2, 0) is 0 Å². The quantitative estimate of drug-likeness (QED) is 0.825. The highest BCUT2D eigenvalue weighted by Crippen LogP contribution is 2.39. The molecule has 1 unspecified atom stereocenters. The van der Waals surface area contributed by atoms with Crippen LogP contribution in [-0.4, -0.2) is 23.1 Å². The Morgan fingerprint density at radius 2 is 2.00 bits per heavy atom. The van der Waals surface area contributed by atoms with E-state index in [0.29, 0.717) is 5.92 Å². The van der Waals surface area contributed by atoms with E-state index in [-0.39, 0.29) is 0 Å². The average Bonchev–Trinajstić information content (AvgIpc) is 3.17. The van der Waals surface area contributed by atoms with E-state index in [1.165, 1.54) is 37.8 Å². The van der Waals surface area contributed by atoms with Crippen LogP contribution in [0.5, 0.6) is 0 Å². The lowest BCUT2D eigenvalue weighted by atomic mass is 10.00. The molecular weight excluding hydrogens is 198 g/mol. The van der Waals surface area contributed by atoms with Gasteiger partial charge in [-0.15, -0.1) is 0 Å². The maximum absolute atomic E-state index is 4.76. The van der Waals surface area contributed by atoms with E-state index >= 15 is 0 Å². The van der Waals surface area contributed by atoms with Gasteiger partial charge in [0, 0.05) is 23.7 Å². The Hall–Kier alpha value is -0.960. The Kier molecular flexibility index (Phi) is 2.87. The van der Waals surface area contributed by atoms with Crippen molar-refractivity contribution >= 4 is 0 Å². The molecule has 1 N–H and O–H groups in total. The Morgan fingerprint density at radius 3 is 2.88 bits per heavy atom. The van der Waals surface area contributed by atoms with Crippen LogP contribution in [0.2, 0.25) is 0 Å². The van der Waals surface area contributed by atoms with Crippen LogP contribution >= 0.6 is 0 Å². The molecular formula is C13H19N3. The number of rotatable bonds is 2. The lowest BCUT2D eigenvalue weighted by molar-refractivity contribution is 0.571. The van der Waals surface area contributed by atoms with Gasteiger partial charge in [-0.3, -0.25) is 0 Å². The minimum atomic E-state index is 0.577. The summed E-state index contributed by atoms with van der Waals surface area (Å²) in [6.07, 6.45) is 8.27. The van der Waals surface area contributed by atoms with Gasteiger partial charge in [-0.25, -0.2) is 9.97 Å². The van der Waals surface area contributed by atoms with Gasteiger partial charge in [0.1, 0.15) is 5.82 Å². The topological polar surface area (TPSA) is 37.8 Å². The molecule has 2 fully saturated rings. The molecule has 16 heavy (non-hydrogen) atoms. The lowest BCUT2D eigenvalue weighted by Gasteiger charge is -2.12. The van der Waals surface area contributed by atoms with Crippen molar-refractivity contribution in [2.24, 2.45) is 0 Å². The molecule has 0 aromatic carbocycles. The van der Waals surface area contributed by atoms with Crippen molar-refractivity contribution in [1.29, 1.82) is 0 Å². The van der Waals surface area contributed by atoms with Crippen LogP contribution in [0.25, 0.3) is 0 Å². The van der Waals surface area contributed by atoms with Gasteiger partial charge in [0.15, 0.2) is 0 Å². The SMILES string of the molecule is c1cc(C2CC2)nc(C2CCCNCC2)n1. The van der Waals surface area contributed by atoms with E-state index in [4.69, 9.17) is 4.98 Å². The molecule has 0 amide bonds. The van der Waals surface area contributed by atoms with Gasteiger partial charge in [0.25, 0.3) is 0 Å². The summed E-state index contributed by atoms with van der Waals surface area (Å²) in [5, 5.41) is 3.44. The maximum atomic E-state index is 4.76. The predicted molar refractivity (Wildman–Crippen MR) is 63.5 cm³/mol. The predicted octanol–water partition coefficient (Wildman–Crippen LogP) is 2.21. The minimum Gasteiger partial charge on any atom is -0.317 e. The van der Waals surface area contributed by atoms with E-state index < -0.39 is 0 Å². The second-order valence-corrected chi connectivity index (χ2v) is 4.99. The highest BCUT2D eigenvalue weighted by atomic mass is 14.9. The molecule has 86 valence electrons. The molecule has 3 nitrogen and oxygen atoms in total. The zero-order valence-corrected chi connectivity index (χ0v) is 9.65. The van der Waals surface area contributed by atoms with Crippen molar-refractivity contribution in [2.75, 3.05) is 13.1 Å². The van der Waals surface area contributed by atoms with Crippen molar-refractivity contribution in [3.05, 3.63) is 23.8 Å². The lowest BCUT2D eigenvalue weighted by Crippen LogP contribution is -2.14. The first-order valence-corrected chi connectivity index (χ1v) is 6.47. The number of hydrogen-bond donors (Lipinski definition) is 1. The summed E-state index contributed by atoms with van der Waals surface area (Å²) >= 11 is 0. The Balaban J connectivity index is 1.78. The summed E-state index contributed by atoms with van der Waals surface area (Å²) in [7, 11) is 0. The van der Waals surface area contributed by atoms with E-state index in [9.17, 15) is 0 Å². The average molecular weight is 217 g/mol. The van der Waals surface area contributed by atoms with Crippen molar-refractivity contribution in [3.8, 4) is 0 Å². The summed E-state index contributed by atoms with van der Waals surface area (Å²) in [4.78, 5) is 9.24. The molecule has 3 rings (SSSR count). The first-order valence-electron chi connectivity index (χ1n) is 6.47. The molecule has 1 aromatic heterocycles. The van der Waals surface area contributed by atoms with Crippen molar-refractivity contribution in [3.63, 3.8) is 0 Å². The zero-order chi connectivity index (χ0) is 10.8.